The molecule has 132 valence electrons. The number of amides is 1. The van der Waals surface area contributed by atoms with Crippen molar-refractivity contribution in [2.45, 2.75) is 32.6 Å². The predicted octanol–water partition coefficient (Wildman–Crippen LogP) is 2.21. The molecule has 1 aromatic heterocycles. The molecule has 25 heavy (non-hydrogen) atoms. The van der Waals surface area contributed by atoms with E-state index in [4.69, 9.17) is 0 Å². The van der Waals surface area contributed by atoms with Crippen molar-refractivity contribution in [3.05, 3.63) is 57.8 Å². The van der Waals surface area contributed by atoms with E-state index in [1.807, 2.05) is 6.07 Å². The van der Waals surface area contributed by atoms with Crippen LogP contribution in [-0.2, 0) is 0 Å². The van der Waals surface area contributed by atoms with Crippen molar-refractivity contribution < 1.29 is 4.79 Å². The Balaban J connectivity index is 1.57. The lowest BCUT2D eigenvalue weighted by atomic mass is 10.2. The number of aromatic nitrogens is 2. The molecular formula is C19H24N4O2. The Morgan fingerprint density at radius 3 is 2.84 bits per heavy atom. The Labute approximate surface area is 147 Å². The van der Waals surface area contributed by atoms with E-state index in [-0.39, 0.29) is 17.0 Å². The maximum absolute atomic E-state index is 12.2. The van der Waals surface area contributed by atoms with Crippen molar-refractivity contribution in [1.82, 2.24) is 15.3 Å². The SMILES string of the molecule is CCN(CCNC(=O)c1cnc(C2CC2)[nH]c1=O)c1cccc(C)c1. The second-order valence-electron chi connectivity index (χ2n) is 6.46. The summed E-state index contributed by atoms with van der Waals surface area (Å²) in [5.41, 5.74) is 2.04. The zero-order valence-corrected chi connectivity index (χ0v) is 14.7. The van der Waals surface area contributed by atoms with E-state index in [9.17, 15) is 9.59 Å². The molecule has 0 saturated heterocycles. The number of rotatable bonds is 7. The number of carbonyl (C=O) groups is 1. The number of hydrogen-bond donors (Lipinski definition) is 2. The number of anilines is 1. The number of hydrogen-bond acceptors (Lipinski definition) is 4. The van der Waals surface area contributed by atoms with Gasteiger partial charge < -0.3 is 15.2 Å². The van der Waals surface area contributed by atoms with Gasteiger partial charge in [-0.25, -0.2) is 4.98 Å². The average Bonchev–Trinajstić information content (AvgIpc) is 3.43. The highest BCUT2D eigenvalue weighted by molar-refractivity contribution is 5.93. The minimum Gasteiger partial charge on any atom is -0.370 e. The second-order valence-corrected chi connectivity index (χ2v) is 6.46. The Hall–Kier alpha value is -2.63. The number of aryl methyl sites for hydroxylation is 1. The van der Waals surface area contributed by atoms with Crippen LogP contribution >= 0.6 is 0 Å². The topological polar surface area (TPSA) is 78.1 Å². The first kappa shape index (κ1) is 17.2. The van der Waals surface area contributed by atoms with Crippen molar-refractivity contribution in [1.29, 1.82) is 0 Å². The zero-order valence-electron chi connectivity index (χ0n) is 14.7. The van der Waals surface area contributed by atoms with E-state index >= 15 is 0 Å². The first-order valence-corrected chi connectivity index (χ1v) is 8.77. The van der Waals surface area contributed by atoms with Gasteiger partial charge in [-0.1, -0.05) is 12.1 Å². The van der Waals surface area contributed by atoms with Gasteiger partial charge in [0.15, 0.2) is 0 Å². The largest absolute Gasteiger partial charge is 0.370 e. The molecule has 1 saturated carbocycles. The standard InChI is InChI=1S/C19H24N4O2/c1-3-23(15-6-4-5-13(2)11-15)10-9-20-18(24)16-12-21-17(14-7-8-14)22-19(16)25/h4-6,11-12,14H,3,7-10H2,1-2H3,(H,20,24)(H,21,22,25). The van der Waals surface area contributed by atoms with Crippen molar-refractivity contribution in [3.63, 3.8) is 0 Å². The van der Waals surface area contributed by atoms with E-state index in [0.717, 1.165) is 25.1 Å². The lowest BCUT2D eigenvalue weighted by Gasteiger charge is -2.23. The fourth-order valence-corrected chi connectivity index (χ4v) is 2.83. The van der Waals surface area contributed by atoms with Crippen LogP contribution in [-0.4, -0.2) is 35.5 Å². The lowest BCUT2D eigenvalue weighted by molar-refractivity contribution is 0.0952. The molecule has 1 amide bonds. The van der Waals surface area contributed by atoms with E-state index in [2.05, 4.69) is 52.2 Å². The molecule has 1 aliphatic carbocycles. The predicted molar refractivity (Wildman–Crippen MR) is 98.2 cm³/mol. The number of aromatic amines is 1. The molecule has 3 rings (SSSR count). The summed E-state index contributed by atoms with van der Waals surface area (Å²) in [6.07, 6.45) is 3.50. The molecule has 0 radical (unpaired) electrons. The van der Waals surface area contributed by atoms with E-state index in [1.54, 1.807) is 0 Å². The van der Waals surface area contributed by atoms with Crippen molar-refractivity contribution in [2.75, 3.05) is 24.5 Å². The van der Waals surface area contributed by atoms with Gasteiger partial charge in [0.1, 0.15) is 11.4 Å². The van der Waals surface area contributed by atoms with Gasteiger partial charge in [0.25, 0.3) is 11.5 Å². The maximum atomic E-state index is 12.2. The molecule has 1 aliphatic rings. The number of benzene rings is 1. The Morgan fingerprint density at radius 1 is 1.40 bits per heavy atom. The fourth-order valence-electron chi connectivity index (χ4n) is 2.83. The normalized spacial score (nSPS) is 13.5. The third kappa shape index (κ3) is 4.26. The molecule has 0 aliphatic heterocycles. The van der Waals surface area contributed by atoms with Gasteiger partial charge >= 0.3 is 0 Å². The van der Waals surface area contributed by atoms with Gasteiger partial charge in [-0.05, 0) is 44.4 Å². The molecule has 0 atom stereocenters. The van der Waals surface area contributed by atoms with Crippen LogP contribution in [0.3, 0.4) is 0 Å². The molecule has 2 aromatic rings. The van der Waals surface area contributed by atoms with E-state index in [0.29, 0.717) is 24.8 Å². The minimum absolute atomic E-state index is 0.0722. The summed E-state index contributed by atoms with van der Waals surface area (Å²) < 4.78 is 0. The Kier molecular flexibility index (Phi) is 5.16. The van der Waals surface area contributed by atoms with Crippen LogP contribution in [0.5, 0.6) is 0 Å². The summed E-state index contributed by atoms with van der Waals surface area (Å²) in [6.45, 7) is 6.12. The van der Waals surface area contributed by atoms with Crippen molar-refractivity contribution in [3.8, 4) is 0 Å². The van der Waals surface area contributed by atoms with Gasteiger partial charge in [0.2, 0.25) is 0 Å². The third-order valence-corrected chi connectivity index (χ3v) is 4.44. The number of nitrogens with one attached hydrogen (secondary N) is 2. The molecule has 0 bridgehead atoms. The summed E-state index contributed by atoms with van der Waals surface area (Å²) in [5, 5.41) is 2.81. The highest BCUT2D eigenvalue weighted by Gasteiger charge is 2.26. The quantitative estimate of drug-likeness (QED) is 0.810. The number of H-pyrrole nitrogens is 1. The van der Waals surface area contributed by atoms with Crippen LogP contribution in [0.2, 0.25) is 0 Å². The number of likely N-dealkylation sites (N-methyl/N-ethyl adjacent to an activating group) is 1. The van der Waals surface area contributed by atoms with Gasteiger partial charge in [-0.15, -0.1) is 0 Å². The van der Waals surface area contributed by atoms with Crippen LogP contribution in [0.25, 0.3) is 0 Å². The van der Waals surface area contributed by atoms with Crippen LogP contribution in [0.15, 0.2) is 35.3 Å². The van der Waals surface area contributed by atoms with Gasteiger partial charge in [0.05, 0.1) is 0 Å². The monoisotopic (exact) mass is 340 g/mol. The third-order valence-electron chi connectivity index (χ3n) is 4.44. The molecule has 6 heteroatoms. The molecule has 1 heterocycles. The van der Waals surface area contributed by atoms with Crippen LogP contribution in [0, 0.1) is 6.92 Å². The van der Waals surface area contributed by atoms with Crippen molar-refractivity contribution in [2.24, 2.45) is 0 Å². The minimum atomic E-state index is -0.378. The molecule has 1 fully saturated rings. The molecule has 2 N–H and O–H groups in total. The summed E-state index contributed by atoms with van der Waals surface area (Å²) in [6, 6.07) is 8.27. The number of nitrogens with zero attached hydrogens (tertiary/aromatic N) is 2. The summed E-state index contributed by atoms with van der Waals surface area (Å²) in [4.78, 5) is 33.4. The molecule has 0 unspecified atom stereocenters. The highest BCUT2D eigenvalue weighted by atomic mass is 16.2. The second kappa shape index (κ2) is 7.51. The van der Waals surface area contributed by atoms with Crippen LogP contribution in [0.4, 0.5) is 5.69 Å². The lowest BCUT2D eigenvalue weighted by Crippen LogP contribution is -2.37. The first-order chi connectivity index (χ1) is 12.1. The van der Waals surface area contributed by atoms with Gasteiger partial charge in [-0.2, -0.15) is 0 Å². The van der Waals surface area contributed by atoms with Crippen molar-refractivity contribution >= 4 is 11.6 Å². The smallest absolute Gasteiger partial charge is 0.263 e. The molecule has 1 aromatic carbocycles. The molecule has 6 nitrogen and oxygen atoms in total. The van der Waals surface area contributed by atoms with Crippen LogP contribution < -0.4 is 15.8 Å². The first-order valence-electron chi connectivity index (χ1n) is 8.77. The molecule has 0 spiro atoms. The van der Waals surface area contributed by atoms with E-state index < -0.39 is 0 Å². The van der Waals surface area contributed by atoms with Gasteiger partial charge in [-0.3, -0.25) is 9.59 Å². The summed E-state index contributed by atoms with van der Waals surface area (Å²) >= 11 is 0. The Bertz CT molecular complexity index is 811. The summed E-state index contributed by atoms with van der Waals surface area (Å²) in [7, 11) is 0. The molecular weight excluding hydrogens is 316 g/mol. The zero-order chi connectivity index (χ0) is 17.8. The highest BCUT2D eigenvalue weighted by Crippen LogP contribution is 2.37. The maximum Gasteiger partial charge on any atom is 0.263 e. The fraction of sp³-hybridized carbons (Fsp3) is 0.421. The number of carbonyl (C=O) groups excluding carboxylic acids is 1. The van der Waals surface area contributed by atoms with E-state index in [1.165, 1.54) is 11.8 Å². The Morgan fingerprint density at radius 2 is 2.20 bits per heavy atom. The van der Waals surface area contributed by atoms with Gasteiger partial charge in [0, 0.05) is 37.4 Å². The van der Waals surface area contributed by atoms with Crippen LogP contribution in [0.1, 0.15) is 47.4 Å². The average molecular weight is 340 g/mol. The summed E-state index contributed by atoms with van der Waals surface area (Å²) in [5.74, 6) is 0.673.